The number of aliphatic hydroxyl groups excluding tert-OH is 1. The minimum Gasteiger partial charge on any atom is -0.487 e. The van der Waals surface area contributed by atoms with Crippen molar-refractivity contribution in [3.63, 3.8) is 0 Å². The maximum absolute atomic E-state index is 13.6. The highest BCUT2D eigenvalue weighted by atomic mass is 32.2. The first-order chi connectivity index (χ1) is 16.7. The molecule has 2 heterocycles. The number of fused-ring (bicyclic) bond motifs is 1. The number of aromatic nitrogens is 1. The van der Waals surface area contributed by atoms with Gasteiger partial charge in [-0.15, -0.1) is 0 Å². The second-order valence-electron chi connectivity index (χ2n) is 9.45. The zero-order valence-electron chi connectivity index (χ0n) is 20.4. The topological polar surface area (TPSA) is 100 Å². The van der Waals surface area contributed by atoms with Gasteiger partial charge in [-0.1, -0.05) is 19.1 Å². The van der Waals surface area contributed by atoms with Crippen LogP contribution in [0.3, 0.4) is 0 Å². The van der Waals surface area contributed by atoms with Crippen molar-refractivity contribution < 1.29 is 23.1 Å². The number of carbonyl (C=O) groups is 1. The summed E-state index contributed by atoms with van der Waals surface area (Å²) in [6, 6.07) is 8.07. The average molecular weight is 500 g/mol. The predicted molar refractivity (Wildman–Crippen MR) is 133 cm³/mol. The zero-order chi connectivity index (χ0) is 25.2. The van der Waals surface area contributed by atoms with Crippen LogP contribution < -0.4 is 4.74 Å². The molecular formula is C26H33N3O5S. The van der Waals surface area contributed by atoms with Gasteiger partial charge in [0, 0.05) is 37.9 Å². The second-order valence-corrected chi connectivity index (χ2v) is 11.3. The average Bonchev–Trinajstić information content (AvgIpc) is 3.40. The van der Waals surface area contributed by atoms with Gasteiger partial charge in [0.2, 0.25) is 10.0 Å². The Bertz CT molecular complexity index is 1200. The Kier molecular flexibility index (Phi) is 7.59. The molecule has 9 heteroatoms. The third kappa shape index (κ3) is 5.27. The largest absolute Gasteiger partial charge is 0.487 e. The molecule has 8 nitrogen and oxygen atoms in total. The number of hydrogen-bond donors (Lipinski definition) is 1. The Labute approximate surface area is 207 Å². The van der Waals surface area contributed by atoms with E-state index in [1.807, 2.05) is 13.0 Å². The minimum atomic E-state index is -3.90. The minimum absolute atomic E-state index is 0.0817. The van der Waals surface area contributed by atoms with Crippen LogP contribution in [-0.2, 0) is 10.0 Å². The van der Waals surface area contributed by atoms with E-state index in [0.29, 0.717) is 5.56 Å². The van der Waals surface area contributed by atoms with Crippen LogP contribution in [0.2, 0.25) is 0 Å². The summed E-state index contributed by atoms with van der Waals surface area (Å²) in [5, 5.41) is 9.81. The second kappa shape index (κ2) is 10.5. The smallest absolute Gasteiger partial charge is 0.255 e. The number of carbonyl (C=O) groups excluding carboxylic acids is 1. The number of amides is 1. The van der Waals surface area contributed by atoms with Crippen molar-refractivity contribution in [2.24, 2.45) is 5.92 Å². The van der Waals surface area contributed by atoms with Crippen molar-refractivity contribution in [1.82, 2.24) is 14.2 Å². The molecule has 3 atom stereocenters. The van der Waals surface area contributed by atoms with Gasteiger partial charge in [-0.25, -0.2) is 8.42 Å². The van der Waals surface area contributed by atoms with E-state index in [2.05, 4.69) is 11.1 Å². The molecule has 0 fully saturated rings. The highest BCUT2D eigenvalue weighted by Crippen LogP contribution is 2.37. The van der Waals surface area contributed by atoms with Gasteiger partial charge in [-0.3, -0.25) is 9.78 Å². The van der Waals surface area contributed by atoms with Crippen molar-refractivity contribution in [2.45, 2.75) is 50.2 Å². The lowest BCUT2D eigenvalue weighted by molar-refractivity contribution is 0.0563. The third-order valence-electron chi connectivity index (χ3n) is 6.79. The number of rotatable bonds is 6. The highest BCUT2D eigenvalue weighted by Gasteiger charge is 2.38. The summed E-state index contributed by atoms with van der Waals surface area (Å²) >= 11 is 0. The molecule has 2 aliphatic rings. The van der Waals surface area contributed by atoms with Gasteiger partial charge in [-0.2, -0.15) is 4.31 Å². The Morgan fingerprint density at radius 3 is 2.80 bits per heavy atom. The maximum Gasteiger partial charge on any atom is 0.255 e. The lowest BCUT2D eigenvalue weighted by Crippen LogP contribution is -2.50. The number of hydrogen-bond acceptors (Lipinski definition) is 6. The number of pyridine rings is 1. The summed E-state index contributed by atoms with van der Waals surface area (Å²) in [6.45, 7) is 3.74. The van der Waals surface area contributed by atoms with Gasteiger partial charge in [0.25, 0.3) is 5.91 Å². The van der Waals surface area contributed by atoms with E-state index >= 15 is 0 Å². The summed E-state index contributed by atoms with van der Waals surface area (Å²) < 4.78 is 35.0. The summed E-state index contributed by atoms with van der Waals surface area (Å²) in [5.41, 5.74) is 2.61. The molecule has 2 aromatic rings. The molecule has 1 aliphatic heterocycles. The molecule has 0 bridgehead atoms. The van der Waals surface area contributed by atoms with Crippen LogP contribution in [-0.4, -0.2) is 72.5 Å². The molecule has 1 amide bonds. The number of aliphatic hydroxyl groups is 1. The quantitative estimate of drug-likeness (QED) is 0.655. The lowest BCUT2D eigenvalue weighted by atomic mass is 10.0. The molecule has 0 unspecified atom stereocenters. The maximum atomic E-state index is 13.6. The van der Waals surface area contributed by atoms with E-state index in [4.69, 9.17) is 4.74 Å². The lowest BCUT2D eigenvalue weighted by Gasteiger charge is -2.37. The van der Waals surface area contributed by atoms with Crippen LogP contribution in [0.4, 0.5) is 0 Å². The molecule has 1 aliphatic carbocycles. The van der Waals surface area contributed by atoms with Crippen LogP contribution in [0.15, 0.2) is 53.7 Å². The fourth-order valence-corrected chi connectivity index (χ4v) is 6.46. The predicted octanol–water partition coefficient (Wildman–Crippen LogP) is 3.19. The first kappa shape index (κ1) is 25.3. The van der Waals surface area contributed by atoms with E-state index in [-0.39, 0.29) is 42.2 Å². The molecule has 1 aromatic heterocycles. The number of sulfonamides is 1. The van der Waals surface area contributed by atoms with Crippen molar-refractivity contribution in [2.75, 3.05) is 26.7 Å². The van der Waals surface area contributed by atoms with Gasteiger partial charge in [-0.05, 0) is 61.6 Å². The molecule has 188 valence electrons. The molecule has 4 rings (SSSR count). The molecule has 0 saturated heterocycles. The summed E-state index contributed by atoms with van der Waals surface area (Å²) in [5.74, 6) is -0.149. The van der Waals surface area contributed by atoms with Crippen molar-refractivity contribution in [1.29, 1.82) is 0 Å². The Balaban J connectivity index is 1.72. The number of allylic oxidation sites excluding steroid dienone is 2. The normalized spacial score (nSPS) is 22.8. The molecule has 35 heavy (non-hydrogen) atoms. The van der Waals surface area contributed by atoms with Gasteiger partial charge in [0.1, 0.15) is 16.7 Å². The van der Waals surface area contributed by atoms with Gasteiger partial charge in [0.05, 0.1) is 18.7 Å². The first-order valence-electron chi connectivity index (χ1n) is 12.0. The van der Waals surface area contributed by atoms with Crippen molar-refractivity contribution in [3.8, 4) is 5.75 Å². The Morgan fingerprint density at radius 2 is 2.14 bits per heavy atom. The Morgan fingerprint density at radius 1 is 1.34 bits per heavy atom. The Hall–Kier alpha value is -2.75. The monoisotopic (exact) mass is 499 g/mol. The molecular weight excluding hydrogens is 466 g/mol. The highest BCUT2D eigenvalue weighted by molar-refractivity contribution is 7.89. The van der Waals surface area contributed by atoms with Crippen LogP contribution >= 0.6 is 0 Å². The van der Waals surface area contributed by atoms with Crippen LogP contribution in [0, 0.1) is 5.92 Å². The number of likely N-dealkylation sites (N-methyl/N-ethyl adjacent to an activating group) is 1. The van der Waals surface area contributed by atoms with Crippen LogP contribution in [0.5, 0.6) is 5.75 Å². The first-order valence-corrected chi connectivity index (χ1v) is 13.4. The summed E-state index contributed by atoms with van der Waals surface area (Å²) in [7, 11) is -2.19. The van der Waals surface area contributed by atoms with Crippen molar-refractivity contribution in [3.05, 3.63) is 59.9 Å². The van der Waals surface area contributed by atoms with E-state index in [0.717, 1.165) is 24.8 Å². The fourth-order valence-electron chi connectivity index (χ4n) is 4.64. The van der Waals surface area contributed by atoms with Crippen LogP contribution in [0.1, 0.15) is 49.0 Å². The van der Waals surface area contributed by atoms with Crippen LogP contribution in [0.25, 0.3) is 5.57 Å². The number of benzene rings is 1. The molecule has 0 saturated carbocycles. The van der Waals surface area contributed by atoms with E-state index in [1.54, 1.807) is 49.3 Å². The van der Waals surface area contributed by atoms with Crippen molar-refractivity contribution >= 4 is 21.5 Å². The number of nitrogens with zero attached hydrogens (tertiary/aromatic N) is 3. The van der Waals surface area contributed by atoms with E-state index < -0.39 is 22.2 Å². The fraction of sp³-hybridized carbons (Fsp3) is 0.462. The van der Waals surface area contributed by atoms with Gasteiger partial charge in [0.15, 0.2) is 0 Å². The van der Waals surface area contributed by atoms with E-state index in [9.17, 15) is 18.3 Å². The molecule has 0 spiro atoms. The molecule has 0 radical (unpaired) electrons. The zero-order valence-corrected chi connectivity index (χ0v) is 21.2. The third-order valence-corrected chi connectivity index (χ3v) is 8.81. The number of ether oxygens (including phenoxy) is 1. The molecule has 1 N–H and O–H groups in total. The SMILES string of the molecule is C[C@@H]1CN([C@H](C)CO)S(=O)(=O)c2ccc(C3=CCCC3)cc2O[C@@H]1CN(C)C(=O)c1cccnc1. The molecule has 1 aromatic carbocycles. The standard InChI is InChI=1S/C26H33N3O5S/c1-18-15-29(19(2)17-30)35(32,33)25-11-10-21(20-7-4-5-8-20)13-23(25)34-24(18)16-28(3)26(31)22-9-6-12-27-14-22/h6-7,9-14,18-19,24,30H,4-5,8,15-17H2,1-3H3/t18-,19-,24-/m1/s1. The van der Waals surface area contributed by atoms with Gasteiger partial charge >= 0.3 is 0 Å². The summed E-state index contributed by atoms with van der Waals surface area (Å²) in [6.07, 6.45) is 7.89. The summed E-state index contributed by atoms with van der Waals surface area (Å²) in [4.78, 5) is 18.6. The van der Waals surface area contributed by atoms with Gasteiger partial charge < -0.3 is 14.7 Å². The van der Waals surface area contributed by atoms with E-state index in [1.165, 1.54) is 16.1 Å².